The zero-order valence-electron chi connectivity index (χ0n) is 18.8. The van der Waals surface area contributed by atoms with Crippen molar-refractivity contribution in [3.05, 3.63) is 0 Å². The second-order valence-electron chi connectivity index (χ2n) is 7.82. The van der Waals surface area contributed by atoms with Crippen LogP contribution in [0.15, 0.2) is 0 Å². The summed E-state index contributed by atoms with van der Waals surface area (Å²) in [6.07, 6.45) is 8.82. The third-order valence-electron chi connectivity index (χ3n) is 4.81. The molecule has 0 amide bonds. The highest BCUT2D eigenvalue weighted by atomic mass is 16.4. The largest absolute Gasteiger partial charge is 0.481 e. The molecule has 0 bridgehead atoms. The van der Waals surface area contributed by atoms with Gasteiger partial charge in [0.2, 0.25) is 0 Å². The molecule has 0 aromatic rings. The van der Waals surface area contributed by atoms with Crippen LogP contribution >= 0.6 is 0 Å². The maximum atomic E-state index is 10.3. The van der Waals surface area contributed by atoms with E-state index in [1.807, 2.05) is 0 Å². The summed E-state index contributed by atoms with van der Waals surface area (Å²) in [5.41, 5.74) is 0. The Morgan fingerprint density at radius 1 is 0.438 bits per heavy atom. The Hall–Kier alpha value is -2.20. The Morgan fingerprint density at radius 3 is 0.938 bits per heavy atom. The van der Waals surface area contributed by atoms with Crippen molar-refractivity contribution in [2.24, 2.45) is 0 Å². The molecule has 0 saturated heterocycles. The van der Waals surface area contributed by atoms with Crippen molar-refractivity contribution in [2.75, 3.05) is 0 Å². The second-order valence-corrected chi connectivity index (χ2v) is 7.82. The highest BCUT2D eigenvalue weighted by molar-refractivity contribution is 5.72. The number of hydrogen-bond acceptors (Lipinski definition) is 6. The Morgan fingerprint density at radius 2 is 0.688 bits per heavy atom. The van der Waals surface area contributed by atoms with Gasteiger partial charge >= 0.3 is 23.9 Å². The minimum atomic E-state index is -1.26. The number of unbranched alkanes of at least 4 members (excludes halogenated alkanes) is 10. The van der Waals surface area contributed by atoms with Crippen LogP contribution in [0.25, 0.3) is 0 Å². The second kappa shape index (κ2) is 22.0. The van der Waals surface area contributed by atoms with E-state index in [0.29, 0.717) is 19.3 Å². The van der Waals surface area contributed by atoms with Gasteiger partial charge in [0, 0.05) is 12.8 Å². The van der Waals surface area contributed by atoms with Gasteiger partial charge in [-0.2, -0.15) is 0 Å². The molecule has 2 unspecified atom stereocenters. The molecule has 6 N–H and O–H groups in total. The molecule has 0 aromatic carbocycles. The molecule has 0 aliphatic carbocycles. The fourth-order valence-corrected chi connectivity index (χ4v) is 2.89. The maximum Gasteiger partial charge on any atom is 0.332 e. The van der Waals surface area contributed by atoms with Crippen LogP contribution in [0.3, 0.4) is 0 Å². The predicted molar refractivity (Wildman–Crippen MR) is 116 cm³/mol. The van der Waals surface area contributed by atoms with Gasteiger partial charge in [0.1, 0.15) is 0 Å². The molecule has 0 rings (SSSR count). The topological polar surface area (TPSA) is 190 Å². The van der Waals surface area contributed by atoms with Crippen LogP contribution < -0.4 is 0 Å². The summed E-state index contributed by atoms with van der Waals surface area (Å²) in [5, 5.41) is 51.5. The van der Waals surface area contributed by atoms with Crippen molar-refractivity contribution in [2.45, 2.75) is 115 Å². The van der Waals surface area contributed by atoms with Crippen LogP contribution in [0, 0.1) is 0 Å². The average Bonchev–Trinajstić information content (AvgIpc) is 2.71. The van der Waals surface area contributed by atoms with E-state index in [1.165, 1.54) is 0 Å². The lowest BCUT2D eigenvalue weighted by molar-refractivity contribution is -0.147. The highest BCUT2D eigenvalue weighted by Crippen LogP contribution is 2.11. The minimum Gasteiger partial charge on any atom is -0.481 e. The van der Waals surface area contributed by atoms with Crippen LogP contribution in [0.5, 0.6) is 0 Å². The van der Waals surface area contributed by atoms with E-state index in [4.69, 9.17) is 30.6 Å². The molecule has 0 heterocycles. The van der Waals surface area contributed by atoms with Gasteiger partial charge in [0.25, 0.3) is 0 Å². The fourth-order valence-electron chi connectivity index (χ4n) is 2.89. The predicted octanol–water partition coefficient (Wildman–Crippen LogP) is 3.27. The molecule has 0 aliphatic heterocycles. The van der Waals surface area contributed by atoms with E-state index in [-0.39, 0.29) is 19.3 Å². The highest BCUT2D eigenvalue weighted by Gasteiger charge is 2.12. The normalized spacial score (nSPS) is 12.3. The molecule has 10 nitrogen and oxygen atoms in total. The summed E-state index contributed by atoms with van der Waals surface area (Å²) >= 11 is 0. The summed E-state index contributed by atoms with van der Waals surface area (Å²) in [6, 6.07) is 0. The van der Waals surface area contributed by atoms with E-state index in [9.17, 15) is 19.2 Å². The molecule has 0 aliphatic rings. The van der Waals surface area contributed by atoms with Crippen molar-refractivity contribution in [1.29, 1.82) is 0 Å². The fraction of sp³-hybridized carbons (Fsp3) is 0.818. The van der Waals surface area contributed by atoms with Gasteiger partial charge in [0.15, 0.2) is 12.2 Å². The first-order chi connectivity index (χ1) is 15.1. The zero-order chi connectivity index (χ0) is 24.8. The number of rotatable bonds is 20. The summed E-state index contributed by atoms with van der Waals surface area (Å²) in [4.78, 5) is 40.9. The van der Waals surface area contributed by atoms with E-state index in [0.717, 1.165) is 64.2 Å². The summed E-state index contributed by atoms with van der Waals surface area (Å²) in [7, 11) is 0. The molecule has 0 fully saturated rings. The summed E-state index contributed by atoms with van der Waals surface area (Å²) in [6.45, 7) is 0. The Kier molecular flexibility index (Phi) is 22.0. The lowest BCUT2D eigenvalue weighted by Crippen LogP contribution is -2.18. The number of carboxylic acid groups (broad SMARTS) is 4. The van der Waals surface area contributed by atoms with E-state index in [1.54, 1.807) is 0 Å². The quantitative estimate of drug-likeness (QED) is 0.146. The molecule has 10 heteroatoms. The minimum absolute atomic E-state index is 0.192. The monoisotopic (exact) mass is 464 g/mol. The number of carbonyl (C=O) groups is 4. The van der Waals surface area contributed by atoms with Gasteiger partial charge in [0.05, 0.1) is 0 Å². The van der Waals surface area contributed by atoms with Crippen LogP contribution in [0.1, 0.15) is 103 Å². The van der Waals surface area contributed by atoms with Gasteiger partial charge in [-0.1, -0.05) is 64.2 Å². The number of carboxylic acids is 4. The Bertz CT molecular complexity index is 521. The number of aliphatic hydroxyl groups is 2. The lowest BCUT2D eigenvalue weighted by Gasteiger charge is -2.04. The van der Waals surface area contributed by atoms with Gasteiger partial charge in [-0.25, -0.2) is 9.59 Å². The first-order valence-electron chi connectivity index (χ1n) is 11.3. The van der Waals surface area contributed by atoms with Crippen molar-refractivity contribution in [3.8, 4) is 0 Å². The molecule has 0 saturated carbocycles. The van der Waals surface area contributed by atoms with Crippen LogP contribution in [0.2, 0.25) is 0 Å². The molecule has 32 heavy (non-hydrogen) atoms. The van der Waals surface area contributed by atoms with Gasteiger partial charge in [-0.15, -0.1) is 0 Å². The summed E-state index contributed by atoms with van der Waals surface area (Å²) < 4.78 is 0. The van der Waals surface area contributed by atoms with Crippen LogP contribution in [-0.4, -0.2) is 66.7 Å². The smallest absolute Gasteiger partial charge is 0.332 e. The van der Waals surface area contributed by atoms with Crippen molar-refractivity contribution < 1.29 is 49.8 Å². The SMILES string of the molecule is O=C(O)CCCCCCCC(O)C(=O)O.O=C(O)CCCCCCCCCC(O)C(=O)O. The van der Waals surface area contributed by atoms with Crippen LogP contribution in [-0.2, 0) is 19.2 Å². The van der Waals surface area contributed by atoms with Gasteiger partial charge in [-0.05, 0) is 25.7 Å². The van der Waals surface area contributed by atoms with Crippen molar-refractivity contribution in [1.82, 2.24) is 0 Å². The molecule has 0 radical (unpaired) electrons. The van der Waals surface area contributed by atoms with E-state index in [2.05, 4.69) is 0 Å². The average molecular weight is 465 g/mol. The van der Waals surface area contributed by atoms with E-state index >= 15 is 0 Å². The van der Waals surface area contributed by atoms with Gasteiger partial charge in [-0.3, -0.25) is 9.59 Å². The Balaban J connectivity index is 0. The number of aliphatic hydroxyl groups excluding tert-OH is 2. The first-order valence-corrected chi connectivity index (χ1v) is 11.3. The molecular weight excluding hydrogens is 424 g/mol. The van der Waals surface area contributed by atoms with Crippen molar-refractivity contribution in [3.63, 3.8) is 0 Å². The standard InChI is InChI=1S/C12H22O5.C10H18O5/c13-10(12(16)17)8-6-4-2-1-3-5-7-9-11(14)15;11-8(10(14)15)6-4-2-1-3-5-7-9(12)13/h10,13H,1-9H2,(H,14,15)(H,16,17);8,11H,1-7H2,(H,12,13)(H,14,15). The Labute approximate surface area is 189 Å². The van der Waals surface area contributed by atoms with Crippen LogP contribution in [0.4, 0.5) is 0 Å². The first kappa shape index (κ1) is 32.0. The molecule has 188 valence electrons. The third-order valence-corrected chi connectivity index (χ3v) is 4.81. The molecule has 0 aromatic heterocycles. The zero-order valence-corrected chi connectivity index (χ0v) is 18.8. The van der Waals surface area contributed by atoms with Gasteiger partial charge < -0.3 is 30.6 Å². The number of aliphatic carboxylic acids is 4. The van der Waals surface area contributed by atoms with E-state index < -0.39 is 36.1 Å². The number of hydrogen-bond donors (Lipinski definition) is 6. The third kappa shape index (κ3) is 25.8. The molecule has 2 atom stereocenters. The lowest BCUT2D eigenvalue weighted by atomic mass is 10.1. The maximum absolute atomic E-state index is 10.3. The molecule has 0 spiro atoms. The van der Waals surface area contributed by atoms with Crippen molar-refractivity contribution >= 4 is 23.9 Å². The summed E-state index contributed by atoms with van der Waals surface area (Å²) in [5.74, 6) is -3.86. The molecular formula is C22H40O10.